The van der Waals surface area contributed by atoms with Crippen LogP contribution < -0.4 is 0 Å². The van der Waals surface area contributed by atoms with E-state index in [9.17, 15) is 19.8 Å². The van der Waals surface area contributed by atoms with E-state index in [2.05, 4.69) is 0 Å². The largest absolute Gasteiger partial charge is 0.376 e. The van der Waals surface area contributed by atoms with Crippen LogP contribution in [0.15, 0.2) is 84.2 Å². The average Bonchev–Trinajstić information content (AvgIpc) is 2.73. The van der Waals surface area contributed by atoms with Gasteiger partial charge in [0.05, 0.1) is 11.4 Å². The summed E-state index contributed by atoms with van der Waals surface area (Å²) in [5, 5.41) is 19.4. The van der Waals surface area contributed by atoms with Crippen LogP contribution in [-0.4, -0.2) is 45.0 Å². The maximum Gasteiger partial charge on any atom is 0.204 e. The molecule has 0 heterocycles. The van der Waals surface area contributed by atoms with Gasteiger partial charge in [-0.2, -0.15) is 0 Å². The summed E-state index contributed by atoms with van der Waals surface area (Å²) in [5.41, 5.74) is 2.09. The molecule has 0 bridgehead atoms. The van der Waals surface area contributed by atoms with Crippen molar-refractivity contribution in [1.82, 2.24) is 9.80 Å². The molecule has 0 fully saturated rings. The predicted octanol–water partition coefficient (Wildman–Crippen LogP) is 1.81. The van der Waals surface area contributed by atoms with E-state index < -0.39 is 13.5 Å². The molecule has 144 valence electrons. The van der Waals surface area contributed by atoms with E-state index in [1.165, 1.54) is 22.0 Å². The van der Waals surface area contributed by atoms with Crippen molar-refractivity contribution < 1.29 is 19.8 Å². The molecule has 6 heteroatoms. The number of allylic oxidation sites excluding steroid dienone is 2. The monoisotopic (exact) mass is 378 g/mol. The third kappa shape index (κ3) is 4.54. The van der Waals surface area contributed by atoms with Gasteiger partial charge in [-0.1, -0.05) is 60.7 Å². The standard InChI is InChI=1S/C22H22N2O4/c25-15-23(13-17-7-3-1-4-8-17)19-11-22(28)20(12-21(19)27)24(16-26)14-18-9-5-2-6-10-18/h1-12,25-26H,13-16H2. The zero-order chi connectivity index (χ0) is 19.9. The lowest BCUT2D eigenvalue weighted by atomic mass is 10.0. The molecule has 0 unspecified atom stereocenters. The lowest BCUT2D eigenvalue weighted by molar-refractivity contribution is -0.118. The van der Waals surface area contributed by atoms with Crippen LogP contribution in [0.2, 0.25) is 0 Å². The number of rotatable bonds is 8. The Morgan fingerprint density at radius 3 is 1.29 bits per heavy atom. The van der Waals surface area contributed by atoms with Crippen LogP contribution >= 0.6 is 0 Å². The molecule has 0 atom stereocenters. The predicted molar refractivity (Wildman–Crippen MR) is 104 cm³/mol. The molecule has 2 aromatic rings. The van der Waals surface area contributed by atoms with Crippen LogP contribution in [0.4, 0.5) is 0 Å². The Labute approximate surface area is 163 Å². The van der Waals surface area contributed by atoms with E-state index in [0.717, 1.165) is 11.1 Å². The summed E-state index contributed by atoms with van der Waals surface area (Å²) in [5.74, 6) is -0.766. The molecule has 0 aliphatic heterocycles. The number of aliphatic hydroxyl groups excluding tert-OH is 2. The van der Waals surface area contributed by atoms with Gasteiger partial charge in [0.15, 0.2) is 0 Å². The Kier molecular flexibility index (Phi) is 6.37. The number of ketones is 2. The van der Waals surface area contributed by atoms with Crippen molar-refractivity contribution in [2.24, 2.45) is 0 Å². The molecule has 0 amide bonds. The van der Waals surface area contributed by atoms with Gasteiger partial charge in [0.25, 0.3) is 0 Å². The van der Waals surface area contributed by atoms with E-state index in [-0.39, 0.29) is 23.0 Å². The molecular formula is C22H22N2O4. The normalized spacial score (nSPS) is 13.8. The minimum Gasteiger partial charge on any atom is -0.376 e. The fraction of sp³-hybridized carbons (Fsp3) is 0.182. The molecule has 6 nitrogen and oxygen atoms in total. The van der Waals surface area contributed by atoms with Crippen LogP contribution in [0.5, 0.6) is 0 Å². The van der Waals surface area contributed by atoms with Crippen molar-refractivity contribution in [2.45, 2.75) is 13.1 Å². The van der Waals surface area contributed by atoms with E-state index in [4.69, 9.17) is 0 Å². The summed E-state index contributed by atoms with van der Waals surface area (Å²) in [7, 11) is 0. The molecule has 1 aliphatic rings. The van der Waals surface area contributed by atoms with Crippen molar-refractivity contribution >= 4 is 11.6 Å². The Hall–Kier alpha value is -3.22. The minimum absolute atomic E-state index is 0.137. The highest BCUT2D eigenvalue weighted by Crippen LogP contribution is 2.21. The van der Waals surface area contributed by atoms with Gasteiger partial charge in [-0.05, 0) is 11.1 Å². The fourth-order valence-corrected chi connectivity index (χ4v) is 3.06. The zero-order valence-electron chi connectivity index (χ0n) is 15.4. The molecule has 2 N–H and O–H groups in total. The first-order valence-electron chi connectivity index (χ1n) is 8.94. The third-order valence-corrected chi connectivity index (χ3v) is 4.50. The van der Waals surface area contributed by atoms with Gasteiger partial charge in [-0.25, -0.2) is 0 Å². The highest BCUT2D eigenvalue weighted by Gasteiger charge is 2.27. The zero-order valence-corrected chi connectivity index (χ0v) is 15.4. The van der Waals surface area contributed by atoms with E-state index in [0.29, 0.717) is 13.1 Å². The maximum absolute atomic E-state index is 12.7. The molecule has 28 heavy (non-hydrogen) atoms. The molecule has 0 spiro atoms. The number of carbonyl (C=O) groups excluding carboxylic acids is 2. The average molecular weight is 378 g/mol. The number of benzene rings is 2. The first-order valence-corrected chi connectivity index (χ1v) is 8.94. The summed E-state index contributed by atoms with van der Waals surface area (Å²) in [6.45, 7) is -0.175. The van der Waals surface area contributed by atoms with Gasteiger partial charge in [0.1, 0.15) is 13.5 Å². The smallest absolute Gasteiger partial charge is 0.204 e. The van der Waals surface area contributed by atoms with Crippen LogP contribution in [0.3, 0.4) is 0 Å². The van der Waals surface area contributed by atoms with Gasteiger partial charge >= 0.3 is 0 Å². The van der Waals surface area contributed by atoms with Crippen LogP contribution in [0, 0.1) is 0 Å². The number of nitrogens with zero attached hydrogens (tertiary/aromatic N) is 2. The second-order valence-corrected chi connectivity index (χ2v) is 6.44. The van der Waals surface area contributed by atoms with Gasteiger partial charge in [0.2, 0.25) is 11.6 Å². The summed E-state index contributed by atoms with van der Waals surface area (Å²) in [6, 6.07) is 18.8. The number of hydrogen-bond acceptors (Lipinski definition) is 6. The highest BCUT2D eigenvalue weighted by molar-refractivity contribution is 6.19. The summed E-state index contributed by atoms with van der Waals surface area (Å²) in [6.07, 6.45) is 2.45. The topological polar surface area (TPSA) is 81.1 Å². The summed E-state index contributed by atoms with van der Waals surface area (Å²) < 4.78 is 0. The molecule has 0 radical (unpaired) electrons. The lowest BCUT2D eigenvalue weighted by Gasteiger charge is -2.29. The van der Waals surface area contributed by atoms with Crippen molar-refractivity contribution in [3.05, 3.63) is 95.3 Å². The van der Waals surface area contributed by atoms with Gasteiger partial charge in [-0.15, -0.1) is 0 Å². The Morgan fingerprint density at radius 2 is 0.964 bits per heavy atom. The summed E-state index contributed by atoms with van der Waals surface area (Å²) in [4.78, 5) is 28.2. The van der Waals surface area contributed by atoms with Crippen molar-refractivity contribution in [3.8, 4) is 0 Å². The molecule has 0 saturated heterocycles. The van der Waals surface area contributed by atoms with Crippen molar-refractivity contribution in [3.63, 3.8) is 0 Å². The Morgan fingerprint density at radius 1 is 0.607 bits per heavy atom. The van der Waals surface area contributed by atoms with E-state index in [1.807, 2.05) is 60.7 Å². The number of hydrogen-bond donors (Lipinski definition) is 2. The second-order valence-electron chi connectivity index (χ2n) is 6.44. The maximum atomic E-state index is 12.7. The second kappa shape index (κ2) is 9.12. The molecule has 3 rings (SSSR count). The quantitative estimate of drug-likeness (QED) is 0.539. The Bertz CT molecular complexity index is 816. The highest BCUT2D eigenvalue weighted by atomic mass is 16.3. The lowest BCUT2D eigenvalue weighted by Crippen LogP contribution is -2.35. The van der Waals surface area contributed by atoms with Crippen molar-refractivity contribution in [2.75, 3.05) is 13.5 Å². The van der Waals surface area contributed by atoms with E-state index in [1.54, 1.807) is 0 Å². The SMILES string of the molecule is O=C1C=C(N(CO)Cc2ccccc2)C(=O)C=C1N(CO)Cc1ccccc1. The molecule has 1 aliphatic carbocycles. The van der Waals surface area contributed by atoms with Crippen molar-refractivity contribution in [1.29, 1.82) is 0 Å². The van der Waals surface area contributed by atoms with Crippen LogP contribution in [0.25, 0.3) is 0 Å². The number of aliphatic hydroxyl groups is 2. The Balaban J connectivity index is 1.78. The number of carbonyl (C=O) groups is 2. The first kappa shape index (κ1) is 19.5. The molecular weight excluding hydrogens is 356 g/mol. The van der Waals surface area contributed by atoms with Gasteiger partial charge in [-0.3, -0.25) is 9.59 Å². The first-order chi connectivity index (χ1) is 13.6. The van der Waals surface area contributed by atoms with Crippen LogP contribution in [-0.2, 0) is 22.7 Å². The van der Waals surface area contributed by atoms with Crippen LogP contribution in [0.1, 0.15) is 11.1 Å². The minimum atomic E-state index is -0.392. The van der Waals surface area contributed by atoms with E-state index >= 15 is 0 Å². The molecule has 0 saturated carbocycles. The third-order valence-electron chi connectivity index (χ3n) is 4.50. The molecule has 0 aromatic heterocycles. The van der Waals surface area contributed by atoms with Gasteiger partial charge in [0, 0.05) is 25.2 Å². The fourth-order valence-electron chi connectivity index (χ4n) is 3.06. The summed E-state index contributed by atoms with van der Waals surface area (Å²) >= 11 is 0. The molecule has 2 aromatic carbocycles. The van der Waals surface area contributed by atoms with Gasteiger partial charge < -0.3 is 20.0 Å².